The van der Waals surface area contributed by atoms with Crippen LogP contribution in [0.5, 0.6) is 0 Å². The van der Waals surface area contributed by atoms with Crippen LogP contribution in [0.2, 0.25) is 0 Å². The zero-order chi connectivity index (χ0) is 13.0. The molecule has 1 atom stereocenters. The van der Waals surface area contributed by atoms with E-state index < -0.39 is 11.7 Å². The molecule has 5 heteroatoms. The van der Waals surface area contributed by atoms with Crippen molar-refractivity contribution in [2.45, 2.75) is 31.6 Å². The van der Waals surface area contributed by atoms with Gasteiger partial charge in [0, 0.05) is 18.3 Å². The van der Waals surface area contributed by atoms with Gasteiger partial charge < -0.3 is 5.32 Å². The third kappa shape index (κ3) is 3.92. The van der Waals surface area contributed by atoms with Gasteiger partial charge in [0.05, 0.1) is 5.56 Å². The predicted molar refractivity (Wildman–Crippen MR) is 68.6 cm³/mol. The van der Waals surface area contributed by atoms with Crippen molar-refractivity contribution in [2.24, 2.45) is 0 Å². The maximum absolute atomic E-state index is 12.4. The lowest BCUT2D eigenvalue weighted by atomic mass is 10.1. The second-order valence-corrected chi connectivity index (χ2v) is 5.64. The summed E-state index contributed by atoms with van der Waals surface area (Å²) in [7, 11) is 0. The number of halogens is 3. The Kier molecular flexibility index (Phi) is 4.56. The minimum atomic E-state index is -4.24. The molecule has 1 aliphatic rings. The molecule has 1 aromatic carbocycles. The van der Waals surface area contributed by atoms with Gasteiger partial charge in [0.1, 0.15) is 0 Å². The molecule has 1 unspecified atom stereocenters. The van der Waals surface area contributed by atoms with Gasteiger partial charge in [-0.25, -0.2) is 0 Å². The van der Waals surface area contributed by atoms with E-state index in [1.807, 2.05) is 11.8 Å². The van der Waals surface area contributed by atoms with Crippen molar-refractivity contribution in [3.8, 4) is 0 Å². The summed E-state index contributed by atoms with van der Waals surface area (Å²) in [6.07, 6.45) is -1.87. The molecule has 0 aliphatic carbocycles. The highest BCUT2D eigenvalue weighted by Crippen LogP contribution is 2.29. The van der Waals surface area contributed by atoms with Crippen LogP contribution in [0.25, 0.3) is 0 Å². The lowest BCUT2D eigenvalue weighted by Crippen LogP contribution is -2.33. The highest BCUT2D eigenvalue weighted by Gasteiger charge is 2.29. The van der Waals surface area contributed by atoms with Crippen molar-refractivity contribution in [3.05, 3.63) is 35.4 Å². The van der Waals surface area contributed by atoms with E-state index in [0.717, 1.165) is 29.9 Å². The van der Waals surface area contributed by atoms with Gasteiger partial charge >= 0.3 is 6.18 Å². The molecule has 0 aromatic heterocycles. The second-order valence-electron chi connectivity index (χ2n) is 4.49. The van der Waals surface area contributed by atoms with Gasteiger partial charge in [0.25, 0.3) is 0 Å². The molecule has 1 heterocycles. The van der Waals surface area contributed by atoms with Crippen molar-refractivity contribution in [1.82, 2.24) is 5.32 Å². The molecule has 100 valence electrons. The quantitative estimate of drug-likeness (QED) is 0.903. The second kappa shape index (κ2) is 5.97. The molecule has 0 spiro atoms. The minimum Gasteiger partial charge on any atom is -0.309 e. The monoisotopic (exact) mass is 275 g/mol. The van der Waals surface area contributed by atoms with Crippen LogP contribution in [0.15, 0.2) is 24.3 Å². The molecule has 18 heavy (non-hydrogen) atoms. The summed E-state index contributed by atoms with van der Waals surface area (Å²) in [5, 5.41) is 3.39. The van der Waals surface area contributed by atoms with Crippen LogP contribution >= 0.6 is 11.8 Å². The Morgan fingerprint density at radius 1 is 1.22 bits per heavy atom. The molecule has 1 saturated heterocycles. The maximum atomic E-state index is 12.4. The third-order valence-electron chi connectivity index (χ3n) is 3.04. The Morgan fingerprint density at radius 2 is 1.94 bits per heavy atom. The Labute approximate surface area is 109 Å². The van der Waals surface area contributed by atoms with Crippen LogP contribution in [-0.4, -0.2) is 17.5 Å². The highest BCUT2D eigenvalue weighted by molar-refractivity contribution is 7.99. The molecule has 1 aliphatic heterocycles. The van der Waals surface area contributed by atoms with Crippen LogP contribution in [0.3, 0.4) is 0 Å². The summed E-state index contributed by atoms with van der Waals surface area (Å²) in [6, 6.07) is 5.88. The zero-order valence-corrected chi connectivity index (χ0v) is 10.8. The largest absolute Gasteiger partial charge is 0.416 e. The third-order valence-corrected chi connectivity index (χ3v) is 4.25. The average Bonchev–Trinajstić information content (AvgIpc) is 2.37. The number of hydrogen-bond donors (Lipinski definition) is 1. The summed E-state index contributed by atoms with van der Waals surface area (Å²) in [5.74, 6) is 2.32. The molecule has 2 rings (SSSR count). The number of hydrogen-bond acceptors (Lipinski definition) is 2. The molecular weight excluding hydrogens is 259 g/mol. The van der Waals surface area contributed by atoms with E-state index in [1.165, 1.54) is 12.2 Å². The first-order chi connectivity index (χ1) is 8.55. The lowest BCUT2D eigenvalue weighted by molar-refractivity contribution is -0.137. The van der Waals surface area contributed by atoms with E-state index in [0.29, 0.717) is 12.6 Å². The Hall–Kier alpha value is -0.680. The van der Waals surface area contributed by atoms with Gasteiger partial charge in [-0.1, -0.05) is 12.1 Å². The SMILES string of the molecule is FC(F)(F)c1ccc(CNC2CCCSC2)cc1. The standard InChI is InChI=1S/C13H16F3NS/c14-13(15,16)11-5-3-10(4-6-11)8-17-12-2-1-7-18-9-12/h3-6,12,17H,1-2,7-9H2. The van der Waals surface area contributed by atoms with E-state index in [9.17, 15) is 13.2 Å². The summed E-state index contributed by atoms with van der Waals surface area (Å²) >= 11 is 1.93. The molecule has 0 radical (unpaired) electrons. The Bertz CT molecular complexity index is 369. The van der Waals surface area contributed by atoms with Crippen LogP contribution < -0.4 is 5.32 Å². The average molecular weight is 275 g/mol. The summed E-state index contributed by atoms with van der Waals surface area (Å²) in [5.41, 5.74) is 0.318. The van der Waals surface area contributed by atoms with Gasteiger partial charge in [-0.3, -0.25) is 0 Å². The lowest BCUT2D eigenvalue weighted by Gasteiger charge is -2.22. The van der Waals surface area contributed by atoms with Crippen LogP contribution in [-0.2, 0) is 12.7 Å². The molecule has 0 saturated carbocycles. The number of benzene rings is 1. The number of nitrogens with one attached hydrogen (secondary N) is 1. The Balaban J connectivity index is 1.86. The van der Waals surface area contributed by atoms with E-state index >= 15 is 0 Å². The number of thioether (sulfide) groups is 1. The van der Waals surface area contributed by atoms with E-state index in [-0.39, 0.29) is 0 Å². The first-order valence-electron chi connectivity index (χ1n) is 6.03. The van der Waals surface area contributed by atoms with Crippen LogP contribution in [0, 0.1) is 0 Å². The topological polar surface area (TPSA) is 12.0 Å². The molecule has 1 nitrogen and oxygen atoms in total. The molecule has 1 aromatic rings. The van der Waals surface area contributed by atoms with Crippen molar-refractivity contribution in [3.63, 3.8) is 0 Å². The van der Waals surface area contributed by atoms with Crippen molar-refractivity contribution < 1.29 is 13.2 Å². The normalized spacial score (nSPS) is 20.9. The van der Waals surface area contributed by atoms with Crippen LogP contribution in [0.1, 0.15) is 24.0 Å². The number of rotatable bonds is 3. The predicted octanol–water partition coefficient (Wildman–Crippen LogP) is 3.69. The summed E-state index contributed by atoms with van der Waals surface area (Å²) in [6.45, 7) is 0.642. The Morgan fingerprint density at radius 3 is 2.50 bits per heavy atom. The summed E-state index contributed by atoms with van der Waals surface area (Å²) < 4.78 is 37.1. The number of alkyl halides is 3. The van der Waals surface area contributed by atoms with Crippen LogP contribution in [0.4, 0.5) is 13.2 Å². The molecular formula is C13H16F3NS. The highest BCUT2D eigenvalue weighted by atomic mass is 32.2. The van der Waals surface area contributed by atoms with E-state index in [1.54, 1.807) is 12.1 Å². The van der Waals surface area contributed by atoms with Gasteiger partial charge in [-0.2, -0.15) is 24.9 Å². The van der Waals surface area contributed by atoms with E-state index in [4.69, 9.17) is 0 Å². The van der Waals surface area contributed by atoms with Gasteiger partial charge in [-0.15, -0.1) is 0 Å². The maximum Gasteiger partial charge on any atom is 0.416 e. The van der Waals surface area contributed by atoms with Crippen molar-refractivity contribution in [1.29, 1.82) is 0 Å². The fraction of sp³-hybridized carbons (Fsp3) is 0.538. The smallest absolute Gasteiger partial charge is 0.309 e. The molecule has 1 N–H and O–H groups in total. The van der Waals surface area contributed by atoms with Crippen molar-refractivity contribution >= 4 is 11.8 Å². The van der Waals surface area contributed by atoms with Gasteiger partial charge in [0.15, 0.2) is 0 Å². The molecule has 0 amide bonds. The first kappa shape index (κ1) is 13.7. The minimum absolute atomic E-state index is 0.492. The van der Waals surface area contributed by atoms with Gasteiger partial charge in [-0.05, 0) is 36.3 Å². The summed E-state index contributed by atoms with van der Waals surface area (Å²) in [4.78, 5) is 0. The molecule has 1 fully saturated rings. The van der Waals surface area contributed by atoms with Gasteiger partial charge in [0.2, 0.25) is 0 Å². The molecule has 0 bridgehead atoms. The fourth-order valence-electron chi connectivity index (χ4n) is 1.98. The van der Waals surface area contributed by atoms with E-state index in [2.05, 4.69) is 5.32 Å². The fourth-order valence-corrected chi connectivity index (χ4v) is 3.08. The van der Waals surface area contributed by atoms with Crippen molar-refractivity contribution in [2.75, 3.05) is 11.5 Å². The zero-order valence-electron chi connectivity index (χ0n) is 9.96. The first-order valence-corrected chi connectivity index (χ1v) is 7.18.